The van der Waals surface area contributed by atoms with E-state index in [0.29, 0.717) is 24.2 Å². The van der Waals surface area contributed by atoms with E-state index in [9.17, 15) is 4.79 Å². The molecule has 4 aliphatic rings. The second-order valence-corrected chi connectivity index (χ2v) is 6.63. The quantitative estimate of drug-likeness (QED) is 0.775. The molecule has 0 radical (unpaired) electrons. The number of hydrogen-bond donors (Lipinski definition) is 0. The summed E-state index contributed by atoms with van der Waals surface area (Å²) in [5, 5.41) is 0. The van der Waals surface area contributed by atoms with Gasteiger partial charge in [0.25, 0.3) is 6.47 Å². The van der Waals surface area contributed by atoms with Crippen LogP contribution in [0.5, 0.6) is 0 Å². The van der Waals surface area contributed by atoms with Gasteiger partial charge in [-0.3, -0.25) is 4.79 Å². The van der Waals surface area contributed by atoms with E-state index in [1.807, 2.05) is 0 Å². The minimum Gasteiger partial charge on any atom is -0.464 e. The van der Waals surface area contributed by atoms with E-state index in [0.717, 1.165) is 11.8 Å². The highest BCUT2D eigenvalue weighted by Gasteiger charge is 2.54. The lowest BCUT2D eigenvalue weighted by molar-refractivity contribution is -0.159. The number of carbonyl (C=O) groups excluding carboxylic acids is 1. The van der Waals surface area contributed by atoms with Crippen LogP contribution in [-0.2, 0) is 9.53 Å². The monoisotopic (exact) mass is 256 g/mol. The second-order valence-electron chi connectivity index (χ2n) is 6.63. The summed E-state index contributed by atoms with van der Waals surface area (Å²) in [6, 6.07) is 10.9. The Kier molecular flexibility index (Phi) is 2.64. The number of hydrogen-bond acceptors (Lipinski definition) is 2. The Morgan fingerprint density at radius 2 is 1.79 bits per heavy atom. The average Bonchev–Trinajstić information content (AvgIpc) is 2.43. The molecule has 1 aromatic carbocycles. The van der Waals surface area contributed by atoms with Gasteiger partial charge in [-0.15, -0.1) is 0 Å². The second kappa shape index (κ2) is 4.36. The first-order valence-electron chi connectivity index (χ1n) is 7.51. The maximum absolute atomic E-state index is 10.8. The van der Waals surface area contributed by atoms with Crippen LogP contribution in [0.1, 0.15) is 37.2 Å². The van der Waals surface area contributed by atoms with Gasteiger partial charge in [0, 0.05) is 5.92 Å². The van der Waals surface area contributed by atoms with Gasteiger partial charge >= 0.3 is 0 Å². The molecule has 2 heteroatoms. The van der Waals surface area contributed by atoms with Crippen LogP contribution < -0.4 is 0 Å². The number of carbonyl (C=O) groups is 1. The van der Waals surface area contributed by atoms with Crippen molar-refractivity contribution < 1.29 is 9.53 Å². The van der Waals surface area contributed by atoms with E-state index in [2.05, 4.69) is 30.3 Å². The van der Waals surface area contributed by atoms with Crippen LogP contribution in [0.15, 0.2) is 30.3 Å². The fraction of sp³-hybridized carbons (Fsp3) is 0.588. The third-order valence-electron chi connectivity index (χ3n) is 5.74. The normalized spacial score (nSPS) is 43.2. The van der Waals surface area contributed by atoms with Crippen LogP contribution in [0.2, 0.25) is 0 Å². The Bertz CT molecular complexity index is 469. The molecule has 4 aliphatic carbocycles. The van der Waals surface area contributed by atoms with Crippen molar-refractivity contribution in [2.75, 3.05) is 0 Å². The summed E-state index contributed by atoms with van der Waals surface area (Å²) in [7, 11) is 0. The van der Waals surface area contributed by atoms with Gasteiger partial charge in [-0.05, 0) is 54.9 Å². The minimum absolute atomic E-state index is 0.176. The maximum Gasteiger partial charge on any atom is 0.293 e. The summed E-state index contributed by atoms with van der Waals surface area (Å²) in [5.74, 6) is 3.51. The molecule has 2 nitrogen and oxygen atoms in total. The van der Waals surface area contributed by atoms with Gasteiger partial charge in [0.2, 0.25) is 0 Å². The molecular formula is C17H20O2. The van der Waals surface area contributed by atoms with Gasteiger partial charge in [0.05, 0.1) is 0 Å². The molecule has 100 valence electrons. The van der Waals surface area contributed by atoms with Gasteiger partial charge in [0.1, 0.15) is 6.10 Å². The Morgan fingerprint density at radius 1 is 1.00 bits per heavy atom. The van der Waals surface area contributed by atoms with Crippen LogP contribution in [0.25, 0.3) is 0 Å². The van der Waals surface area contributed by atoms with Crippen LogP contribution >= 0.6 is 0 Å². The first-order chi connectivity index (χ1) is 9.36. The summed E-state index contributed by atoms with van der Waals surface area (Å²) < 4.78 is 5.49. The molecule has 0 spiro atoms. The van der Waals surface area contributed by atoms with Crippen molar-refractivity contribution in [3.8, 4) is 0 Å². The first-order valence-corrected chi connectivity index (χ1v) is 7.51. The summed E-state index contributed by atoms with van der Waals surface area (Å²) >= 11 is 0. The van der Waals surface area contributed by atoms with E-state index < -0.39 is 0 Å². The van der Waals surface area contributed by atoms with Crippen LogP contribution in [-0.4, -0.2) is 12.6 Å². The average molecular weight is 256 g/mol. The largest absolute Gasteiger partial charge is 0.464 e. The maximum atomic E-state index is 10.8. The van der Waals surface area contributed by atoms with Gasteiger partial charge in [-0.25, -0.2) is 0 Å². The highest BCUT2D eigenvalue weighted by molar-refractivity contribution is 5.38. The lowest BCUT2D eigenvalue weighted by atomic mass is 9.49. The zero-order chi connectivity index (χ0) is 12.8. The van der Waals surface area contributed by atoms with Crippen molar-refractivity contribution in [3.63, 3.8) is 0 Å². The highest BCUT2D eigenvalue weighted by atomic mass is 16.5. The molecule has 0 heterocycles. The molecule has 4 fully saturated rings. The van der Waals surface area contributed by atoms with E-state index >= 15 is 0 Å². The van der Waals surface area contributed by atoms with Crippen molar-refractivity contribution in [1.29, 1.82) is 0 Å². The Morgan fingerprint density at radius 3 is 2.58 bits per heavy atom. The summed E-state index contributed by atoms with van der Waals surface area (Å²) in [5.41, 5.74) is 1.45. The third-order valence-corrected chi connectivity index (χ3v) is 5.74. The third kappa shape index (κ3) is 1.73. The van der Waals surface area contributed by atoms with Crippen LogP contribution in [0.3, 0.4) is 0 Å². The summed E-state index contributed by atoms with van der Waals surface area (Å²) in [6.07, 6.45) is 5.36. The highest BCUT2D eigenvalue weighted by Crippen LogP contribution is 2.60. The zero-order valence-corrected chi connectivity index (χ0v) is 11.1. The molecule has 6 unspecified atom stereocenters. The number of ether oxygens (including phenoxy) is 1. The standard InChI is InChI=1S/C17H20O2/c18-10-19-17-14-7-11-6-13(9-14)16(15(17)8-11)12-4-2-1-3-5-12/h1-5,10-11,13-17H,6-9H2. The molecule has 4 saturated carbocycles. The molecule has 0 aliphatic heterocycles. The lowest BCUT2D eigenvalue weighted by Gasteiger charge is -2.57. The smallest absolute Gasteiger partial charge is 0.293 e. The SMILES string of the molecule is O=COC1C2CC3CC(C2)C(c2ccccc2)C1C3. The minimum atomic E-state index is 0.176. The number of benzene rings is 1. The molecule has 1 aromatic rings. The van der Waals surface area contributed by atoms with Crippen LogP contribution in [0, 0.1) is 23.7 Å². The van der Waals surface area contributed by atoms with E-state index in [-0.39, 0.29) is 6.10 Å². The molecule has 6 atom stereocenters. The topological polar surface area (TPSA) is 26.3 Å². The predicted octanol–water partition coefficient (Wildman–Crippen LogP) is 3.38. The van der Waals surface area contributed by atoms with Crippen molar-refractivity contribution in [2.45, 2.75) is 37.7 Å². The van der Waals surface area contributed by atoms with E-state index in [4.69, 9.17) is 4.74 Å². The van der Waals surface area contributed by atoms with Crippen molar-refractivity contribution >= 4 is 6.47 Å². The number of rotatable bonds is 3. The summed E-state index contributed by atoms with van der Waals surface area (Å²) in [4.78, 5) is 10.8. The predicted molar refractivity (Wildman–Crippen MR) is 72.5 cm³/mol. The molecule has 0 N–H and O–H groups in total. The fourth-order valence-corrected chi connectivity index (χ4v) is 5.33. The van der Waals surface area contributed by atoms with Crippen molar-refractivity contribution in [2.24, 2.45) is 23.7 Å². The van der Waals surface area contributed by atoms with Crippen LogP contribution in [0.4, 0.5) is 0 Å². The van der Waals surface area contributed by atoms with Gasteiger partial charge in [-0.2, -0.15) is 0 Å². The Balaban J connectivity index is 1.70. The molecule has 0 saturated heterocycles. The molecule has 5 rings (SSSR count). The molecule has 4 bridgehead atoms. The Labute approximate surface area is 114 Å². The van der Waals surface area contributed by atoms with E-state index in [1.165, 1.54) is 31.2 Å². The van der Waals surface area contributed by atoms with Gasteiger partial charge < -0.3 is 4.74 Å². The van der Waals surface area contributed by atoms with E-state index in [1.54, 1.807) is 0 Å². The fourth-order valence-electron chi connectivity index (χ4n) is 5.33. The molecular weight excluding hydrogens is 236 g/mol. The van der Waals surface area contributed by atoms with Gasteiger partial charge in [-0.1, -0.05) is 30.3 Å². The summed E-state index contributed by atoms with van der Waals surface area (Å²) in [6.45, 7) is 0.676. The van der Waals surface area contributed by atoms with Crippen molar-refractivity contribution in [3.05, 3.63) is 35.9 Å². The molecule has 0 aromatic heterocycles. The van der Waals surface area contributed by atoms with Gasteiger partial charge in [0.15, 0.2) is 0 Å². The zero-order valence-electron chi connectivity index (χ0n) is 11.1. The first kappa shape index (κ1) is 11.5. The molecule has 19 heavy (non-hydrogen) atoms. The lowest BCUT2D eigenvalue weighted by Crippen LogP contribution is -2.53. The van der Waals surface area contributed by atoms with Crippen molar-refractivity contribution in [1.82, 2.24) is 0 Å². The molecule has 0 amide bonds. The Hall–Kier alpha value is -1.31.